The number of nitrogens with one attached hydrogen (secondary N) is 1. The molecule has 0 saturated carbocycles. The lowest BCUT2D eigenvalue weighted by molar-refractivity contribution is -0.143. The number of ketones is 1. The van der Waals surface area contributed by atoms with Gasteiger partial charge in [0.2, 0.25) is 0 Å². The molecule has 0 aliphatic rings. The molecule has 22 heavy (non-hydrogen) atoms. The molecule has 2 aromatic rings. The monoisotopic (exact) mass is 306 g/mol. The first-order chi connectivity index (χ1) is 10.5. The zero-order chi connectivity index (χ0) is 16.1. The lowest BCUT2D eigenvalue weighted by atomic mass is 10.1. The highest BCUT2D eigenvalue weighted by Gasteiger charge is 2.11. The molecule has 114 valence electrons. The van der Waals surface area contributed by atoms with Gasteiger partial charge in [-0.2, -0.15) is 0 Å². The predicted octanol–water partition coefficient (Wildman–Crippen LogP) is 0.102. The van der Waals surface area contributed by atoms with Gasteiger partial charge in [0.15, 0.2) is 12.4 Å². The van der Waals surface area contributed by atoms with Crippen molar-refractivity contribution in [3.63, 3.8) is 0 Å². The van der Waals surface area contributed by atoms with E-state index < -0.39 is 42.0 Å². The molecule has 7 nitrogen and oxygen atoms in total. The van der Waals surface area contributed by atoms with E-state index in [4.69, 9.17) is 4.74 Å². The lowest BCUT2D eigenvalue weighted by Crippen LogP contribution is -2.31. The first kappa shape index (κ1) is 15.4. The summed E-state index contributed by atoms with van der Waals surface area (Å²) in [4.78, 5) is 47.5. The summed E-state index contributed by atoms with van der Waals surface area (Å²) < 4.78 is 18.6. The number of aromatic nitrogens is 2. The van der Waals surface area contributed by atoms with E-state index in [0.29, 0.717) is 0 Å². The van der Waals surface area contributed by atoms with Crippen molar-refractivity contribution in [3.05, 3.63) is 68.7 Å². The zero-order valence-electron chi connectivity index (χ0n) is 11.2. The minimum Gasteiger partial charge on any atom is -0.456 e. The number of Topliss-reactive ketones (excluding diaryl/α,β-unsaturated/α-hetero) is 1. The first-order valence-corrected chi connectivity index (χ1v) is 6.20. The van der Waals surface area contributed by atoms with Crippen molar-refractivity contribution in [1.82, 2.24) is 9.55 Å². The number of carbonyl (C=O) groups excluding carboxylic acids is 2. The smallest absolute Gasteiger partial charge is 0.328 e. The summed E-state index contributed by atoms with van der Waals surface area (Å²) in [5, 5.41) is 0. The summed E-state index contributed by atoms with van der Waals surface area (Å²) in [6.07, 6.45) is 1.14. The van der Waals surface area contributed by atoms with Crippen LogP contribution in [0.1, 0.15) is 10.4 Å². The zero-order valence-corrected chi connectivity index (χ0v) is 11.2. The molecule has 2 rings (SSSR count). The first-order valence-electron chi connectivity index (χ1n) is 6.20. The number of halogens is 1. The molecule has 0 unspecified atom stereocenters. The number of esters is 1. The molecule has 8 heteroatoms. The Balaban J connectivity index is 1.94. The number of carbonyl (C=O) groups is 2. The Bertz CT molecular complexity index is 824. The maximum atomic E-state index is 13.0. The summed E-state index contributed by atoms with van der Waals surface area (Å²) >= 11 is 0. The molecule has 0 radical (unpaired) electrons. The maximum Gasteiger partial charge on any atom is 0.328 e. The van der Waals surface area contributed by atoms with Crippen LogP contribution in [0.2, 0.25) is 0 Å². The van der Waals surface area contributed by atoms with Gasteiger partial charge >= 0.3 is 11.7 Å². The highest BCUT2D eigenvalue weighted by atomic mass is 19.1. The molecular weight excluding hydrogens is 295 g/mol. The van der Waals surface area contributed by atoms with Crippen molar-refractivity contribution < 1.29 is 18.7 Å². The van der Waals surface area contributed by atoms with Gasteiger partial charge in [0.25, 0.3) is 5.56 Å². The second-order valence-corrected chi connectivity index (χ2v) is 4.33. The van der Waals surface area contributed by atoms with Gasteiger partial charge in [-0.1, -0.05) is 12.1 Å². The second-order valence-electron chi connectivity index (χ2n) is 4.33. The average molecular weight is 306 g/mol. The van der Waals surface area contributed by atoms with Crippen LogP contribution in [0.4, 0.5) is 4.39 Å². The molecule has 0 amide bonds. The van der Waals surface area contributed by atoms with Crippen LogP contribution < -0.4 is 11.2 Å². The quantitative estimate of drug-likeness (QED) is 0.624. The van der Waals surface area contributed by atoms with Gasteiger partial charge in [0.05, 0.1) is 0 Å². The largest absolute Gasteiger partial charge is 0.456 e. The Kier molecular flexibility index (Phi) is 4.62. The van der Waals surface area contributed by atoms with Crippen molar-refractivity contribution >= 4 is 11.8 Å². The highest BCUT2D eigenvalue weighted by Crippen LogP contribution is 2.04. The van der Waals surface area contributed by atoms with E-state index in [1.165, 1.54) is 18.2 Å². The summed E-state index contributed by atoms with van der Waals surface area (Å²) in [6.45, 7) is -1.02. The Hall–Kier alpha value is -3.03. The van der Waals surface area contributed by atoms with Crippen molar-refractivity contribution in [1.29, 1.82) is 0 Å². The summed E-state index contributed by atoms with van der Waals surface area (Å²) in [5.41, 5.74) is -1.27. The summed E-state index contributed by atoms with van der Waals surface area (Å²) in [5.74, 6) is -1.97. The number of hydrogen-bond donors (Lipinski definition) is 1. The summed E-state index contributed by atoms with van der Waals surface area (Å²) in [6, 6.07) is 6.05. The lowest BCUT2D eigenvalue weighted by Gasteiger charge is -2.06. The maximum absolute atomic E-state index is 13.0. The van der Waals surface area contributed by atoms with Gasteiger partial charge in [-0.3, -0.25) is 23.9 Å². The Morgan fingerprint density at radius 2 is 2.00 bits per heavy atom. The van der Waals surface area contributed by atoms with E-state index in [0.717, 1.165) is 22.9 Å². The molecule has 1 aromatic heterocycles. The fraction of sp³-hybridized carbons (Fsp3) is 0.143. The number of ether oxygens (including phenoxy) is 1. The molecule has 0 bridgehead atoms. The molecule has 1 heterocycles. The van der Waals surface area contributed by atoms with Gasteiger partial charge in [0, 0.05) is 17.8 Å². The molecule has 0 saturated heterocycles. The third-order valence-corrected chi connectivity index (χ3v) is 2.71. The molecular formula is C14H11FN2O5. The van der Waals surface area contributed by atoms with Gasteiger partial charge in [-0.25, -0.2) is 9.18 Å². The van der Waals surface area contributed by atoms with Crippen LogP contribution in [0.3, 0.4) is 0 Å². The fourth-order valence-electron chi connectivity index (χ4n) is 1.64. The van der Waals surface area contributed by atoms with Crippen LogP contribution in [0.15, 0.2) is 46.1 Å². The van der Waals surface area contributed by atoms with Crippen molar-refractivity contribution in [3.8, 4) is 0 Å². The number of aromatic amines is 1. The molecule has 0 spiro atoms. The van der Waals surface area contributed by atoms with E-state index in [1.807, 2.05) is 4.98 Å². The van der Waals surface area contributed by atoms with Crippen LogP contribution in [0.25, 0.3) is 0 Å². The predicted molar refractivity (Wildman–Crippen MR) is 73.0 cm³/mol. The average Bonchev–Trinajstić information content (AvgIpc) is 2.47. The molecule has 0 atom stereocenters. The molecule has 1 N–H and O–H groups in total. The number of hydrogen-bond acceptors (Lipinski definition) is 5. The number of H-pyrrole nitrogens is 1. The third kappa shape index (κ3) is 3.98. The van der Waals surface area contributed by atoms with Crippen LogP contribution in [-0.4, -0.2) is 27.9 Å². The van der Waals surface area contributed by atoms with Crippen LogP contribution in [-0.2, 0) is 16.1 Å². The van der Waals surface area contributed by atoms with Gasteiger partial charge < -0.3 is 4.74 Å². The Morgan fingerprint density at radius 3 is 2.68 bits per heavy atom. The standard InChI is InChI=1S/C14H11FN2O5/c15-10-3-1-2-9(6-10)11(18)8-22-13(20)7-17-5-4-12(19)16-14(17)21/h1-6H,7-8H2,(H,16,19,21). The van der Waals surface area contributed by atoms with Crippen LogP contribution >= 0.6 is 0 Å². The highest BCUT2D eigenvalue weighted by molar-refractivity contribution is 5.97. The molecule has 0 aliphatic carbocycles. The van der Waals surface area contributed by atoms with Crippen LogP contribution in [0.5, 0.6) is 0 Å². The van der Waals surface area contributed by atoms with E-state index in [2.05, 4.69) is 0 Å². The number of benzene rings is 1. The molecule has 1 aromatic carbocycles. The number of nitrogens with zero attached hydrogens (tertiary/aromatic N) is 1. The van der Waals surface area contributed by atoms with Crippen molar-refractivity contribution in [2.24, 2.45) is 0 Å². The normalized spacial score (nSPS) is 10.2. The van der Waals surface area contributed by atoms with Crippen molar-refractivity contribution in [2.45, 2.75) is 6.54 Å². The Labute approximate surface area is 123 Å². The number of rotatable bonds is 5. The summed E-state index contributed by atoms with van der Waals surface area (Å²) in [7, 11) is 0. The minimum atomic E-state index is -0.834. The molecule has 0 aliphatic heterocycles. The van der Waals surface area contributed by atoms with E-state index in [1.54, 1.807) is 0 Å². The topological polar surface area (TPSA) is 98.2 Å². The SMILES string of the molecule is O=C(Cn1ccc(=O)[nH]c1=O)OCC(=O)c1cccc(F)c1. The minimum absolute atomic E-state index is 0.0778. The second kappa shape index (κ2) is 6.61. The fourth-order valence-corrected chi connectivity index (χ4v) is 1.64. The van der Waals surface area contributed by atoms with Gasteiger partial charge in [-0.15, -0.1) is 0 Å². The van der Waals surface area contributed by atoms with E-state index in [9.17, 15) is 23.6 Å². The van der Waals surface area contributed by atoms with Gasteiger partial charge in [0.1, 0.15) is 12.4 Å². The van der Waals surface area contributed by atoms with E-state index >= 15 is 0 Å². The Morgan fingerprint density at radius 1 is 1.23 bits per heavy atom. The van der Waals surface area contributed by atoms with Gasteiger partial charge in [-0.05, 0) is 12.1 Å². The van der Waals surface area contributed by atoms with Crippen LogP contribution in [0, 0.1) is 5.82 Å². The van der Waals surface area contributed by atoms with Crippen molar-refractivity contribution in [2.75, 3.05) is 6.61 Å². The molecule has 0 fully saturated rings. The third-order valence-electron chi connectivity index (χ3n) is 2.71. The van der Waals surface area contributed by atoms with E-state index in [-0.39, 0.29) is 5.56 Å².